The third-order valence-electron chi connectivity index (χ3n) is 6.07. The SMILES string of the molecule is Cc1sc2c(c1C)C(c1ccc(Cl)cc1)=N[C@@H](CCOCCCCCCBr)c1nnc(C)n1-2. The van der Waals surface area contributed by atoms with E-state index in [1.807, 2.05) is 19.1 Å². The Hall–Kier alpha value is -1.54. The van der Waals surface area contributed by atoms with E-state index in [-0.39, 0.29) is 6.04 Å². The van der Waals surface area contributed by atoms with Crippen molar-refractivity contribution in [2.24, 2.45) is 4.99 Å². The van der Waals surface area contributed by atoms with Crippen LogP contribution in [0.15, 0.2) is 29.3 Å². The molecular weight excluding hydrogens is 520 g/mol. The minimum absolute atomic E-state index is 0.121. The predicted molar refractivity (Wildman–Crippen MR) is 141 cm³/mol. The van der Waals surface area contributed by atoms with Crippen LogP contribution in [0.1, 0.15) is 71.4 Å². The average molecular weight is 550 g/mol. The highest BCUT2D eigenvalue weighted by Crippen LogP contribution is 2.39. The van der Waals surface area contributed by atoms with Gasteiger partial charge in [-0.25, -0.2) is 0 Å². The van der Waals surface area contributed by atoms with Gasteiger partial charge in [0.25, 0.3) is 0 Å². The number of benzene rings is 1. The van der Waals surface area contributed by atoms with Crippen LogP contribution in [0.5, 0.6) is 0 Å². The molecule has 8 heteroatoms. The molecule has 2 aromatic heterocycles. The number of alkyl halides is 1. The van der Waals surface area contributed by atoms with Crippen molar-refractivity contribution in [3.8, 4) is 5.00 Å². The van der Waals surface area contributed by atoms with E-state index in [0.717, 1.165) is 57.7 Å². The third kappa shape index (κ3) is 5.42. The van der Waals surface area contributed by atoms with Crippen LogP contribution < -0.4 is 0 Å². The topological polar surface area (TPSA) is 52.3 Å². The largest absolute Gasteiger partial charge is 0.381 e. The van der Waals surface area contributed by atoms with Crippen molar-refractivity contribution in [3.63, 3.8) is 0 Å². The van der Waals surface area contributed by atoms with Gasteiger partial charge in [0, 0.05) is 46.0 Å². The summed E-state index contributed by atoms with van der Waals surface area (Å²) in [4.78, 5) is 6.56. The number of halogens is 2. The lowest BCUT2D eigenvalue weighted by Crippen LogP contribution is -2.09. The fraction of sp³-hybridized carbons (Fsp3) is 0.480. The highest BCUT2D eigenvalue weighted by atomic mass is 79.9. The molecule has 4 rings (SSSR count). The molecular formula is C25H30BrClN4OS. The van der Waals surface area contributed by atoms with Crippen LogP contribution in [0.25, 0.3) is 5.00 Å². The summed E-state index contributed by atoms with van der Waals surface area (Å²) < 4.78 is 8.18. The van der Waals surface area contributed by atoms with Crippen LogP contribution in [-0.2, 0) is 4.74 Å². The molecule has 1 aromatic carbocycles. The fourth-order valence-electron chi connectivity index (χ4n) is 4.14. The number of thiophene rings is 1. The summed E-state index contributed by atoms with van der Waals surface area (Å²) >= 11 is 11.4. The van der Waals surface area contributed by atoms with E-state index in [1.165, 1.54) is 35.3 Å². The number of hydrogen-bond donors (Lipinski definition) is 0. The van der Waals surface area contributed by atoms with Crippen molar-refractivity contribution in [1.29, 1.82) is 0 Å². The Kier molecular flexibility index (Phi) is 8.38. The zero-order valence-corrected chi connectivity index (χ0v) is 22.6. The molecule has 0 N–H and O–H groups in total. The molecule has 0 fully saturated rings. The highest BCUT2D eigenvalue weighted by Gasteiger charge is 2.31. The lowest BCUT2D eigenvalue weighted by molar-refractivity contribution is 0.122. The van der Waals surface area contributed by atoms with Crippen molar-refractivity contribution < 1.29 is 4.74 Å². The molecule has 33 heavy (non-hydrogen) atoms. The van der Waals surface area contributed by atoms with Gasteiger partial charge in [-0.2, -0.15) is 0 Å². The van der Waals surface area contributed by atoms with Crippen LogP contribution in [0, 0.1) is 20.8 Å². The third-order valence-corrected chi connectivity index (χ3v) is 8.07. The highest BCUT2D eigenvalue weighted by molar-refractivity contribution is 9.09. The van der Waals surface area contributed by atoms with E-state index in [4.69, 9.17) is 21.3 Å². The number of fused-ring (bicyclic) bond motifs is 3. The van der Waals surface area contributed by atoms with Gasteiger partial charge in [-0.1, -0.05) is 52.5 Å². The Morgan fingerprint density at radius 3 is 2.55 bits per heavy atom. The molecule has 3 aromatic rings. The van der Waals surface area contributed by atoms with Crippen LogP contribution >= 0.6 is 38.9 Å². The molecule has 0 bridgehead atoms. The Bertz CT molecular complexity index is 1120. The molecule has 3 heterocycles. The molecule has 1 aliphatic heterocycles. The zero-order valence-electron chi connectivity index (χ0n) is 19.4. The van der Waals surface area contributed by atoms with Crippen molar-refractivity contribution in [2.45, 2.75) is 58.9 Å². The van der Waals surface area contributed by atoms with Gasteiger partial charge in [0.05, 0.1) is 5.71 Å². The predicted octanol–water partition coefficient (Wildman–Crippen LogP) is 7.16. The van der Waals surface area contributed by atoms with Gasteiger partial charge >= 0.3 is 0 Å². The fourth-order valence-corrected chi connectivity index (χ4v) is 5.87. The Morgan fingerprint density at radius 2 is 1.79 bits per heavy atom. The quantitative estimate of drug-likeness (QED) is 0.199. The summed E-state index contributed by atoms with van der Waals surface area (Å²) in [5, 5.41) is 11.9. The van der Waals surface area contributed by atoms with Crippen LogP contribution in [0.2, 0.25) is 5.02 Å². The lowest BCUT2D eigenvalue weighted by Gasteiger charge is -2.13. The molecule has 0 aliphatic carbocycles. The molecule has 0 unspecified atom stereocenters. The maximum atomic E-state index is 6.18. The van der Waals surface area contributed by atoms with Gasteiger partial charge in [-0.3, -0.25) is 9.56 Å². The normalized spacial score (nSPS) is 15.2. The second-order valence-corrected chi connectivity index (χ2v) is 10.8. The number of ether oxygens (including phenoxy) is 1. The molecule has 1 aliphatic rings. The van der Waals surface area contributed by atoms with Gasteiger partial charge in [-0.15, -0.1) is 21.5 Å². The van der Waals surface area contributed by atoms with Gasteiger partial charge < -0.3 is 4.74 Å². The minimum Gasteiger partial charge on any atom is -0.381 e. The maximum Gasteiger partial charge on any atom is 0.163 e. The average Bonchev–Trinajstić information content (AvgIpc) is 3.27. The summed E-state index contributed by atoms with van der Waals surface area (Å²) in [6.07, 6.45) is 5.55. The van der Waals surface area contributed by atoms with E-state index in [9.17, 15) is 0 Å². The first-order chi connectivity index (χ1) is 16.0. The molecule has 176 valence electrons. The molecule has 0 saturated heterocycles. The standard InChI is InChI=1S/C25H30BrClN4OS/c1-16-17(2)33-25-22(16)23(19-8-10-20(27)11-9-19)28-21(24-30-29-18(3)31(24)25)12-15-32-14-7-5-4-6-13-26/h8-11,21H,4-7,12-15H2,1-3H3/t21-/m0/s1. The second kappa shape index (κ2) is 11.3. The number of hydrogen-bond acceptors (Lipinski definition) is 5. The molecule has 0 saturated carbocycles. The van der Waals surface area contributed by atoms with E-state index < -0.39 is 0 Å². The number of nitrogens with zero attached hydrogens (tertiary/aromatic N) is 4. The Labute approximate surface area is 213 Å². The first-order valence-electron chi connectivity index (χ1n) is 11.5. The van der Waals surface area contributed by atoms with E-state index in [2.05, 4.69) is 56.7 Å². The number of aromatic nitrogens is 3. The molecule has 5 nitrogen and oxygen atoms in total. The van der Waals surface area contributed by atoms with E-state index >= 15 is 0 Å². The second-order valence-electron chi connectivity index (χ2n) is 8.41. The summed E-state index contributed by atoms with van der Waals surface area (Å²) in [5.74, 6) is 1.78. The van der Waals surface area contributed by atoms with Crippen LogP contribution in [0.4, 0.5) is 0 Å². The Morgan fingerprint density at radius 1 is 1.03 bits per heavy atom. The van der Waals surface area contributed by atoms with E-state index in [0.29, 0.717) is 6.61 Å². The number of aryl methyl sites for hydroxylation is 2. The zero-order chi connectivity index (χ0) is 23.4. The van der Waals surface area contributed by atoms with Crippen molar-refractivity contribution in [3.05, 3.63) is 62.5 Å². The summed E-state index contributed by atoms with van der Waals surface area (Å²) in [5.41, 5.74) is 4.48. The maximum absolute atomic E-state index is 6.18. The van der Waals surface area contributed by atoms with Crippen LogP contribution in [0.3, 0.4) is 0 Å². The van der Waals surface area contributed by atoms with Crippen molar-refractivity contribution in [1.82, 2.24) is 14.8 Å². The monoisotopic (exact) mass is 548 g/mol. The Balaban J connectivity index is 1.63. The summed E-state index contributed by atoms with van der Waals surface area (Å²) in [6.45, 7) is 7.79. The lowest BCUT2D eigenvalue weighted by atomic mass is 9.99. The van der Waals surface area contributed by atoms with E-state index in [1.54, 1.807) is 11.3 Å². The molecule has 1 atom stereocenters. The van der Waals surface area contributed by atoms with Crippen LogP contribution in [-0.4, -0.2) is 39.0 Å². The first kappa shape index (κ1) is 24.6. The molecule has 0 radical (unpaired) electrons. The number of aliphatic imine (C=N–C) groups is 1. The summed E-state index contributed by atoms with van der Waals surface area (Å²) in [7, 11) is 0. The van der Waals surface area contributed by atoms with Crippen molar-refractivity contribution >= 4 is 44.6 Å². The van der Waals surface area contributed by atoms with Crippen molar-refractivity contribution in [2.75, 3.05) is 18.5 Å². The minimum atomic E-state index is -0.121. The van der Waals surface area contributed by atoms with Gasteiger partial charge in [-0.05, 0) is 51.3 Å². The molecule has 0 amide bonds. The van der Waals surface area contributed by atoms with Gasteiger partial charge in [0.2, 0.25) is 0 Å². The van der Waals surface area contributed by atoms with Gasteiger partial charge in [0.15, 0.2) is 5.82 Å². The number of rotatable bonds is 10. The first-order valence-corrected chi connectivity index (χ1v) is 13.8. The number of unbranched alkanes of at least 4 members (excludes halogenated alkanes) is 3. The van der Waals surface area contributed by atoms with Gasteiger partial charge in [0.1, 0.15) is 16.9 Å². The molecule has 0 spiro atoms. The summed E-state index contributed by atoms with van der Waals surface area (Å²) in [6, 6.07) is 7.84. The smallest absolute Gasteiger partial charge is 0.163 e.